The number of nitrogens with two attached hydrogens (primary N) is 1. The quantitative estimate of drug-likeness (QED) is 0.221. The van der Waals surface area contributed by atoms with Crippen LogP contribution < -0.4 is 15.8 Å². The molecular formula is C28H36Cl3N3O3. The average Bonchev–Trinajstić information content (AvgIpc) is 3.34. The topological polar surface area (TPSA) is 76.8 Å². The van der Waals surface area contributed by atoms with Gasteiger partial charge in [0.1, 0.15) is 5.75 Å². The molecule has 0 radical (unpaired) electrons. The average molecular weight is 569 g/mol. The summed E-state index contributed by atoms with van der Waals surface area (Å²) in [6.07, 6.45) is 7.14. The van der Waals surface area contributed by atoms with E-state index in [4.69, 9.17) is 44.3 Å². The Balaban J connectivity index is 0.000000479. The first kappa shape index (κ1) is 29.6. The van der Waals surface area contributed by atoms with E-state index in [0.29, 0.717) is 5.92 Å². The summed E-state index contributed by atoms with van der Waals surface area (Å²) in [6.45, 7) is 6.57. The van der Waals surface area contributed by atoms with Crippen LogP contribution in [-0.4, -0.2) is 60.6 Å². The number of carbonyl (C=O) groups excluding carboxylic acids is 1. The highest BCUT2D eigenvalue weighted by Crippen LogP contribution is 2.28. The number of nitrogens with one attached hydrogen (secondary N) is 1. The van der Waals surface area contributed by atoms with Crippen molar-refractivity contribution >= 4 is 46.4 Å². The van der Waals surface area contributed by atoms with Crippen LogP contribution in [0.4, 0.5) is 5.69 Å². The molecule has 4 rings (SSSR count). The van der Waals surface area contributed by atoms with Crippen LogP contribution in [0.2, 0.25) is 0 Å². The lowest BCUT2D eigenvalue weighted by molar-refractivity contribution is -0.117. The van der Waals surface area contributed by atoms with Gasteiger partial charge in [-0.15, -0.1) is 0 Å². The fourth-order valence-corrected chi connectivity index (χ4v) is 4.31. The van der Waals surface area contributed by atoms with Crippen molar-refractivity contribution in [1.82, 2.24) is 4.90 Å². The van der Waals surface area contributed by atoms with E-state index < -0.39 is 9.70 Å². The van der Waals surface area contributed by atoms with Crippen molar-refractivity contribution in [1.29, 1.82) is 0 Å². The largest absolute Gasteiger partial charge is 0.493 e. The zero-order valence-electron chi connectivity index (χ0n) is 21.0. The Kier molecular flexibility index (Phi) is 12.4. The predicted octanol–water partition coefficient (Wildman–Crippen LogP) is 5.62. The standard InChI is InChI=1S/C26H34N2O2.C2H2Cl3NO/c1-2-6-22(7-3-1)18-23-10-11-24(19-23)21-27-25-8-4-9-26(20-25)30-15-5-12-28-13-16-29-17-14-28;3-2(4,5)1(6)7/h1-4,6-9,19-20,23,27H,5,10-18,21H2;(H2,6,7)/t23-;/m1./s1. The molecule has 1 saturated heterocycles. The first-order valence-electron chi connectivity index (χ1n) is 12.7. The molecule has 0 unspecified atom stereocenters. The van der Waals surface area contributed by atoms with Crippen molar-refractivity contribution < 1.29 is 14.3 Å². The summed E-state index contributed by atoms with van der Waals surface area (Å²) in [4.78, 5) is 12.3. The molecule has 37 heavy (non-hydrogen) atoms. The van der Waals surface area contributed by atoms with E-state index >= 15 is 0 Å². The minimum Gasteiger partial charge on any atom is -0.493 e. The number of allylic oxidation sites excluding steroid dienone is 1. The summed E-state index contributed by atoms with van der Waals surface area (Å²) in [6, 6.07) is 19.2. The second kappa shape index (κ2) is 15.5. The number of rotatable bonds is 10. The Morgan fingerprint density at radius 1 is 1.11 bits per heavy atom. The van der Waals surface area contributed by atoms with Crippen LogP contribution in [0, 0.1) is 5.92 Å². The number of primary amides is 1. The molecule has 1 aliphatic heterocycles. The minimum absolute atomic E-state index is 0.672. The lowest BCUT2D eigenvalue weighted by atomic mass is 9.99. The maximum Gasteiger partial charge on any atom is 0.269 e. The van der Waals surface area contributed by atoms with Gasteiger partial charge in [0.2, 0.25) is 0 Å². The summed E-state index contributed by atoms with van der Waals surface area (Å²) in [5.74, 6) is 0.659. The lowest BCUT2D eigenvalue weighted by Gasteiger charge is -2.26. The van der Waals surface area contributed by atoms with E-state index in [1.165, 1.54) is 24.0 Å². The normalized spacial score (nSPS) is 17.9. The molecule has 1 fully saturated rings. The highest BCUT2D eigenvalue weighted by molar-refractivity contribution is 6.76. The van der Waals surface area contributed by atoms with Gasteiger partial charge in [-0.1, -0.05) is 82.9 Å². The predicted molar refractivity (Wildman–Crippen MR) is 153 cm³/mol. The van der Waals surface area contributed by atoms with Crippen LogP contribution in [0.3, 0.4) is 0 Å². The summed E-state index contributed by atoms with van der Waals surface area (Å²) < 4.78 is 9.43. The van der Waals surface area contributed by atoms with Crippen LogP contribution in [-0.2, 0) is 16.0 Å². The molecule has 3 N–H and O–H groups in total. The lowest BCUT2D eigenvalue weighted by Crippen LogP contribution is -2.37. The molecule has 0 saturated carbocycles. The van der Waals surface area contributed by atoms with E-state index in [1.807, 2.05) is 6.07 Å². The first-order valence-corrected chi connectivity index (χ1v) is 13.8. The number of anilines is 1. The monoisotopic (exact) mass is 567 g/mol. The second-order valence-electron chi connectivity index (χ2n) is 9.21. The third-order valence-corrected chi connectivity index (χ3v) is 6.83. The Morgan fingerprint density at radius 3 is 2.54 bits per heavy atom. The maximum atomic E-state index is 9.85. The van der Waals surface area contributed by atoms with Crippen LogP contribution in [0.15, 0.2) is 66.2 Å². The summed E-state index contributed by atoms with van der Waals surface area (Å²) in [7, 11) is 0. The van der Waals surface area contributed by atoms with Crippen LogP contribution in [0.25, 0.3) is 0 Å². The van der Waals surface area contributed by atoms with Crippen molar-refractivity contribution in [2.75, 3.05) is 51.3 Å². The summed E-state index contributed by atoms with van der Waals surface area (Å²) in [5, 5.41) is 3.58. The zero-order chi connectivity index (χ0) is 26.5. The number of benzene rings is 2. The molecule has 1 aliphatic carbocycles. The van der Waals surface area contributed by atoms with Gasteiger partial charge in [0.15, 0.2) is 0 Å². The number of halogens is 3. The smallest absolute Gasteiger partial charge is 0.269 e. The highest BCUT2D eigenvalue weighted by atomic mass is 35.6. The first-order chi connectivity index (χ1) is 17.8. The Hall–Kier alpha value is -1.96. The molecule has 0 aromatic heterocycles. The Morgan fingerprint density at radius 2 is 1.84 bits per heavy atom. The number of hydrogen-bond donors (Lipinski definition) is 2. The van der Waals surface area contributed by atoms with Gasteiger partial charge in [-0.2, -0.15) is 0 Å². The van der Waals surface area contributed by atoms with Crippen LogP contribution >= 0.6 is 34.8 Å². The Labute approximate surface area is 235 Å². The summed E-state index contributed by atoms with van der Waals surface area (Å²) in [5.41, 5.74) is 8.62. The molecule has 0 spiro atoms. The van der Waals surface area contributed by atoms with Gasteiger partial charge >= 0.3 is 0 Å². The van der Waals surface area contributed by atoms with E-state index in [-0.39, 0.29) is 0 Å². The molecule has 2 aromatic carbocycles. The fourth-order valence-electron chi connectivity index (χ4n) is 4.31. The molecule has 2 aromatic rings. The van der Waals surface area contributed by atoms with E-state index in [1.54, 1.807) is 0 Å². The SMILES string of the molecule is C1=C(CNc2cccc(OCCCN3CCOCC3)c2)CC[C@@H]1Cc1ccccc1.NC(=O)C(Cl)(Cl)Cl. The second-order valence-corrected chi connectivity index (χ2v) is 11.5. The van der Waals surface area contributed by atoms with Crippen molar-refractivity contribution in [3.63, 3.8) is 0 Å². The molecule has 0 bridgehead atoms. The van der Waals surface area contributed by atoms with Gasteiger partial charge in [-0.05, 0) is 49.3 Å². The summed E-state index contributed by atoms with van der Waals surface area (Å²) >= 11 is 14.8. The third-order valence-electron chi connectivity index (χ3n) is 6.27. The van der Waals surface area contributed by atoms with Crippen molar-refractivity contribution in [3.05, 3.63) is 71.8 Å². The van der Waals surface area contributed by atoms with Crippen molar-refractivity contribution in [3.8, 4) is 5.75 Å². The zero-order valence-corrected chi connectivity index (χ0v) is 23.3. The minimum atomic E-state index is -1.94. The molecule has 1 heterocycles. The highest BCUT2D eigenvalue weighted by Gasteiger charge is 2.26. The Bertz CT molecular complexity index is 993. The van der Waals surface area contributed by atoms with Crippen LogP contribution in [0.5, 0.6) is 5.75 Å². The van der Waals surface area contributed by atoms with Crippen molar-refractivity contribution in [2.45, 2.75) is 29.5 Å². The molecule has 202 valence electrons. The van der Waals surface area contributed by atoms with Gasteiger partial charge in [-0.25, -0.2) is 0 Å². The molecule has 1 atom stereocenters. The number of ether oxygens (including phenoxy) is 2. The number of alkyl halides is 3. The molecular weight excluding hydrogens is 533 g/mol. The third kappa shape index (κ3) is 11.5. The number of nitrogens with zero attached hydrogens (tertiary/aromatic N) is 1. The van der Waals surface area contributed by atoms with E-state index in [9.17, 15) is 4.79 Å². The fraction of sp³-hybridized carbons (Fsp3) is 0.464. The number of hydrogen-bond acceptors (Lipinski definition) is 5. The number of carbonyl (C=O) groups is 1. The number of morpholine rings is 1. The maximum absolute atomic E-state index is 9.85. The van der Waals surface area contributed by atoms with Gasteiger partial charge < -0.3 is 20.5 Å². The molecule has 6 nitrogen and oxygen atoms in total. The molecule has 9 heteroatoms. The van der Waals surface area contributed by atoms with E-state index in [0.717, 1.165) is 70.3 Å². The number of amides is 1. The molecule has 1 amide bonds. The van der Waals surface area contributed by atoms with Gasteiger partial charge in [0.05, 0.1) is 19.8 Å². The molecule has 2 aliphatic rings. The van der Waals surface area contributed by atoms with Gasteiger partial charge in [0.25, 0.3) is 9.70 Å². The van der Waals surface area contributed by atoms with Gasteiger partial charge in [-0.3, -0.25) is 9.69 Å². The van der Waals surface area contributed by atoms with Crippen molar-refractivity contribution in [2.24, 2.45) is 11.7 Å². The van der Waals surface area contributed by atoms with Crippen LogP contribution in [0.1, 0.15) is 24.8 Å². The van der Waals surface area contributed by atoms with E-state index in [2.05, 4.69) is 70.6 Å². The van der Waals surface area contributed by atoms with Gasteiger partial charge in [0, 0.05) is 37.9 Å².